The summed E-state index contributed by atoms with van der Waals surface area (Å²) in [5.74, 6) is 0.519. The monoisotopic (exact) mass is 254 g/mol. The fourth-order valence-electron chi connectivity index (χ4n) is 1.26. The molecule has 0 fully saturated rings. The van der Waals surface area contributed by atoms with Gasteiger partial charge < -0.3 is 5.11 Å². The molecule has 0 radical (unpaired) electrons. The number of aromatic nitrogens is 2. The molecule has 2 rings (SSSR count). The molecule has 1 heterocycles. The molecule has 3 nitrogen and oxygen atoms in total. The Morgan fingerprint density at radius 2 is 1.94 bits per heavy atom. The highest BCUT2D eigenvalue weighted by atomic mass is 35.5. The summed E-state index contributed by atoms with van der Waals surface area (Å²) in [6.07, 6.45) is 1.59. The number of aliphatic hydroxyl groups is 1. The van der Waals surface area contributed by atoms with Crippen molar-refractivity contribution in [3.8, 4) is 11.4 Å². The Morgan fingerprint density at radius 1 is 1.12 bits per heavy atom. The molecule has 82 valence electrons. The van der Waals surface area contributed by atoms with Crippen molar-refractivity contribution in [2.75, 3.05) is 0 Å². The van der Waals surface area contributed by atoms with Crippen LogP contribution in [-0.4, -0.2) is 15.1 Å². The van der Waals surface area contributed by atoms with Crippen molar-refractivity contribution in [1.82, 2.24) is 9.97 Å². The topological polar surface area (TPSA) is 46.0 Å². The standard InChI is InChI=1S/C11H8Cl2N2O/c12-9-2-1-7(5-10(9)13)11-14-4-3-8(6-16)15-11/h1-5,16H,6H2. The average molecular weight is 255 g/mol. The van der Waals surface area contributed by atoms with Crippen LogP contribution in [0.25, 0.3) is 11.4 Å². The van der Waals surface area contributed by atoms with Gasteiger partial charge in [-0.05, 0) is 24.3 Å². The van der Waals surface area contributed by atoms with Crippen LogP contribution in [0.2, 0.25) is 10.0 Å². The van der Waals surface area contributed by atoms with Crippen molar-refractivity contribution in [2.24, 2.45) is 0 Å². The van der Waals surface area contributed by atoms with E-state index in [1.807, 2.05) is 0 Å². The smallest absolute Gasteiger partial charge is 0.159 e. The van der Waals surface area contributed by atoms with Crippen LogP contribution in [-0.2, 0) is 6.61 Å². The van der Waals surface area contributed by atoms with Crippen LogP contribution < -0.4 is 0 Å². The van der Waals surface area contributed by atoms with E-state index in [9.17, 15) is 0 Å². The molecule has 2 aromatic rings. The molecule has 0 spiro atoms. The zero-order valence-corrected chi connectivity index (χ0v) is 9.70. The van der Waals surface area contributed by atoms with Gasteiger partial charge in [-0.1, -0.05) is 23.2 Å². The van der Waals surface area contributed by atoms with Gasteiger partial charge in [-0.15, -0.1) is 0 Å². The van der Waals surface area contributed by atoms with Gasteiger partial charge >= 0.3 is 0 Å². The van der Waals surface area contributed by atoms with Crippen molar-refractivity contribution in [3.05, 3.63) is 46.2 Å². The Hall–Kier alpha value is -1.16. The molecule has 0 unspecified atom stereocenters. The summed E-state index contributed by atoms with van der Waals surface area (Å²) in [6, 6.07) is 6.82. The third kappa shape index (κ3) is 2.32. The molecule has 0 saturated carbocycles. The molecular formula is C11H8Cl2N2O. The average Bonchev–Trinajstić information content (AvgIpc) is 2.33. The first-order chi connectivity index (χ1) is 7.70. The van der Waals surface area contributed by atoms with Gasteiger partial charge in [-0.3, -0.25) is 0 Å². The van der Waals surface area contributed by atoms with E-state index >= 15 is 0 Å². The van der Waals surface area contributed by atoms with Gasteiger partial charge in [-0.2, -0.15) is 0 Å². The van der Waals surface area contributed by atoms with Crippen LogP contribution >= 0.6 is 23.2 Å². The molecule has 0 aliphatic rings. The van der Waals surface area contributed by atoms with Gasteiger partial charge in [0.25, 0.3) is 0 Å². The van der Waals surface area contributed by atoms with Crippen LogP contribution in [0.1, 0.15) is 5.69 Å². The zero-order chi connectivity index (χ0) is 11.5. The summed E-state index contributed by atoms with van der Waals surface area (Å²) in [4.78, 5) is 8.27. The molecule has 0 aliphatic heterocycles. The van der Waals surface area contributed by atoms with E-state index in [0.717, 1.165) is 5.56 Å². The van der Waals surface area contributed by atoms with E-state index in [2.05, 4.69) is 9.97 Å². The molecular weight excluding hydrogens is 247 g/mol. The normalized spacial score (nSPS) is 10.4. The number of halogens is 2. The molecule has 0 bridgehead atoms. The molecule has 0 aliphatic carbocycles. The summed E-state index contributed by atoms with van der Waals surface area (Å²) in [6.45, 7) is -0.114. The van der Waals surface area contributed by atoms with E-state index < -0.39 is 0 Å². The summed E-state index contributed by atoms with van der Waals surface area (Å²) < 4.78 is 0. The van der Waals surface area contributed by atoms with Gasteiger partial charge in [0.2, 0.25) is 0 Å². The lowest BCUT2D eigenvalue weighted by atomic mass is 10.2. The van der Waals surface area contributed by atoms with Crippen molar-refractivity contribution < 1.29 is 5.11 Å². The number of nitrogens with zero attached hydrogens (tertiary/aromatic N) is 2. The Bertz CT molecular complexity index is 517. The van der Waals surface area contributed by atoms with Gasteiger partial charge in [0.05, 0.1) is 22.3 Å². The highest BCUT2D eigenvalue weighted by Gasteiger charge is 2.05. The predicted octanol–water partition coefficient (Wildman–Crippen LogP) is 2.94. The van der Waals surface area contributed by atoms with E-state index in [1.54, 1.807) is 30.5 Å². The SMILES string of the molecule is OCc1ccnc(-c2ccc(Cl)c(Cl)c2)n1. The number of aliphatic hydroxyl groups excluding tert-OH is 1. The first kappa shape index (κ1) is 11.3. The van der Waals surface area contributed by atoms with Gasteiger partial charge in [0.15, 0.2) is 5.82 Å². The Kier molecular flexibility index (Phi) is 3.39. The van der Waals surface area contributed by atoms with Crippen molar-refractivity contribution in [1.29, 1.82) is 0 Å². The maximum atomic E-state index is 8.97. The first-order valence-corrected chi connectivity index (χ1v) is 5.34. The molecule has 16 heavy (non-hydrogen) atoms. The van der Waals surface area contributed by atoms with Crippen LogP contribution in [0.4, 0.5) is 0 Å². The van der Waals surface area contributed by atoms with Crippen LogP contribution in [0.5, 0.6) is 0 Å². The fraction of sp³-hybridized carbons (Fsp3) is 0.0909. The zero-order valence-electron chi connectivity index (χ0n) is 8.19. The van der Waals surface area contributed by atoms with Gasteiger partial charge in [0, 0.05) is 11.8 Å². The number of hydrogen-bond donors (Lipinski definition) is 1. The predicted molar refractivity (Wildman–Crippen MR) is 63.4 cm³/mol. The maximum Gasteiger partial charge on any atom is 0.159 e. The summed E-state index contributed by atoms with van der Waals surface area (Å²) in [5.41, 5.74) is 1.33. The van der Waals surface area contributed by atoms with Crippen LogP contribution in [0.15, 0.2) is 30.5 Å². The summed E-state index contributed by atoms with van der Waals surface area (Å²) >= 11 is 11.7. The molecule has 0 atom stereocenters. The second-order valence-electron chi connectivity index (χ2n) is 3.16. The summed E-state index contributed by atoms with van der Waals surface area (Å²) in [5, 5.41) is 9.92. The van der Waals surface area contributed by atoms with Crippen LogP contribution in [0.3, 0.4) is 0 Å². The van der Waals surface area contributed by atoms with E-state index in [1.165, 1.54) is 0 Å². The molecule has 1 aromatic heterocycles. The van der Waals surface area contributed by atoms with Crippen molar-refractivity contribution in [3.63, 3.8) is 0 Å². The lowest BCUT2D eigenvalue weighted by molar-refractivity contribution is 0.277. The highest BCUT2D eigenvalue weighted by Crippen LogP contribution is 2.26. The van der Waals surface area contributed by atoms with Crippen molar-refractivity contribution >= 4 is 23.2 Å². The molecule has 1 aromatic carbocycles. The molecule has 1 N–H and O–H groups in total. The Labute approximate surface area is 103 Å². The van der Waals surface area contributed by atoms with Gasteiger partial charge in [0.1, 0.15) is 0 Å². The lowest BCUT2D eigenvalue weighted by Crippen LogP contribution is -1.94. The maximum absolute atomic E-state index is 8.97. The minimum Gasteiger partial charge on any atom is -0.390 e. The molecule has 0 amide bonds. The Balaban J connectivity index is 2.46. The quantitative estimate of drug-likeness (QED) is 0.897. The fourth-order valence-corrected chi connectivity index (χ4v) is 1.56. The third-order valence-corrected chi connectivity index (χ3v) is 2.79. The summed E-state index contributed by atoms with van der Waals surface area (Å²) in [7, 11) is 0. The van der Waals surface area contributed by atoms with E-state index in [0.29, 0.717) is 21.6 Å². The molecule has 5 heteroatoms. The number of hydrogen-bond acceptors (Lipinski definition) is 3. The van der Waals surface area contributed by atoms with E-state index in [4.69, 9.17) is 28.3 Å². The second-order valence-corrected chi connectivity index (χ2v) is 3.97. The van der Waals surface area contributed by atoms with Crippen LogP contribution in [0, 0.1) is 0 Å². The molecule has 0 saturated heterocycles. The minimum absolute atomic E-state index is 0.114. The minimum atomic E-state index is -0.114. The number of rotatable bonds is 2. The second kappa shape index (κ2) is 4.78. The third-order valence-electron chi connectivity index (χ3n) is 2.05. The first-order valence-electron chi connectivity index (χ1n) is 4.59. The Morgan fingerprint density at radius 3 is 2.62 bits per heavy atom. The van der Waals surface area contributed by atoms with E-state index in [-0.39, 0.29) is 6.61 Å². The highest BCUT2D eigenvalue weighted by molar-refractivity contribution is 6.42. The lowest BCUT2D eigenvalue weighted by Gasteiger charge is -2.03. The van der Waals surface area contributed by atoms with Gasteiger partial charge in [-0.25, -0.2) is 9.97 Å². The van der Waals surface area contributed by atoms with Crippen molar-refractivity contribution in [2.45, 2.75) is 6.61 Å². The largest absolute Gasteiger partial charge is 0.390 e. The number of benzene rings is 1.